The summed E-state index contributed by atoms with van der Waals surface area (Å²) in [7, 11) is 1.69. The number of nitrogens with zero attached hydrogens (tertiary/aromatic N) is 4. The van der Waals surface area contributed by atoms with Gasteiger partial charge in [0.25, 0.3) is 0 Å². The summed E-state index contributed by atoms with van der Waals surface area (Å²) < 4.78 is 5.25. The molecule has 0 fully saturated rings. The van der Waals surface area contributed by atoms with Crippen LogP contribution in [0.3, 0.4) is 0 Å². The first-order chi connectivity index (χ1) is 13.7. The monoisotopic (exact) mass is 393 g/mol. The number of aromatic nitrogens is 3. The summed E-state index contributed by atoms with van der Waals surface area (Å²) in [5.74, 6) is 0.757. The molecule has 0 aliphatic heterocycles. The molecule has 0 radical (unpaired) electrons. The van der Waals surface area contributed by atoms with E-state index in [4.69, 9.17) is 4.52 Å². The van der Waals surface area contributed by atoms with Crippen LogP contribution >= 0.6 is 0 Å². The van der Waals surface area contributed by atoms with Gasteiger partial charge in [-0.15, -0.1) is 0 Å². The lowest BCUT2D eigenvalue weighted by Gasteiger charge is -2.22. The molecule has 1 N–H and O–H groups in total. The standard InChI is InChI=1S/C22H27N5O2/c1-15(16-9-11-17(12-10-16)22(2,3)4)24-21(28)27(5)14-19-25-20(26-29-19)18-8-6-7-13-23-18/h6-13,15H,14H2,1-5H3,(H,24,28)/t15-/m0/s1. The van der Waals surface area contributed by atoms with Gasteiger partial charge in [0.15, 0.2) is 0 Å². The van der Waals surface area contributed by atoms with Gasteiger partial charge in [-0.1, -0.05) is 56.3 Å². The molecule has 0 aliphatic rings. The summed E-state index contributed by atoms with van der Waals surface area (Å²) in [6, 6.07) is 13.5. The van der Waals surface area contributed by atoms with Gasteiger partial charge in [-0.05, 0) is 35.6 Å². The van der Waals surface area contributed by atoms with Crippen molar-refractivity contribution in [2.24, 2.45) is 0 Å². The lowest BCUT2D eigenvalue weighted by atomic mass is 9.86. The van der Waals surface area contributed by atoms with Crippen LogP contribution in [-0.2, 0) is 12.0 Å². The van der Waals surface area contributed by atoms with Crippen molar-refractivity contribution in [3.63, 3.8) is 0 Å². The quantitative estimate of drug-likeness (QED) is 0.697. The summed E-state index contributed by atoms with van der Waals surface area (Å²) in [5, 5.41) is 6.93. The van der Waals surface area contributed by atoms with E-state index in [0.29, 0.717) is 17.4 Å². The van der Waals surface area contributed by atoms with Crippen molar-refractivity contribution in [2.45, 2.75) is 45.7 Å². The van der Waals surface area contributed by atoms with Gasteiger partial charge in [0.2, 0.25) is 11.7 Å². The number of carbonyl (C=O) groups is 1. The average Bonchev–Trinajstić information content (AvgIpc) is 3.16. The summed E-state index contributed by atoms with van der Waals surface area (Å²) >= 11 is 0. The number of urea groups is 1. The molecule has 2 heterocycles. The molecule has 7 heteroatoms. The number of rotatable bonds is 5. The number of carbonyl (C=O) groups excluding carboxylic acids is 1. The van der Waals surface area contributed by atoms with Crippen LogP contribution in [0.25, 0.3) is 11.5 Å². The van der Waals surface area contributed by atoms with Crippen LogP contribution < -0.4 is 5.32 Å². The molecule has 3 aromatic rings. The lowest BCUT2D eigenvalue weighted by Crippen LogP contribution is -2.38. The maximum absolute atomic E-state index is 12.5. The van der Waals surface area contributed by atoms with Gasteiger partial charge in [0, 0.05) is 13.2 Å². The summed E-state index contributed by atoms with van der Waals surface area (Å²) in [6.07, 6.45) is 1.67. The predicted octanol–water partition coefficient (Wildman–Crippen LogP) is 4.33. The topological polar surface area (TPSA) is 84.2 Å². The molecule has 29 heavy (non-hydrogen) atoms. The van der Waals surface area contributed by atoms with E-state index in [2.05, 4.69) is 65.5 Å². The van der Waals surface area contributed by atoms with Crippen molar-refractivity contribution in [3.8, 4) is 11.5 Å². The Balaban J connectivity index is 1.58. The van der Waals surface area contributed by atoms with E-state index in [9.17, 15) is 4.79 Å². The number of hydrogen-bond acceptors (Lipinski definition) is 5. The van der Waals surface area contributed by atoms with E-state index in [1.807, 2.05) is 19.1 Å². The fourth-order valence-corrected chi connectivity index (χ4v) is 2.84. The second-order valence-electron chi connectivity index (χ2n) is 8.13. The summed E-state index contributed by atoms with van der Waals surface area (Å²) in [4.78, 5) is 22.6. The minimum atomic E-state index is -0.213. The molecule has 0 bridgehead atoms. The molecule has 0 saturated carbocycles. The highest BCUT2D eigenvalue weighted by atomic mass is 16.5. The molecule has 0 saturated heterocycles. The molecule has 0 unspecified atom stereocenters. The van der Waals surface area contributed by atoms with Gasteiger partial charge in [0.1, 0.15) is 12.2 Å². The zero-order valence-corrected chi connectivity index (χ0v) is 17.5. The van der Waals surface area contributed by atoms with Gasteiger partial charge >= 0.3 is 6.03 Å². The van der Waals surface area contributed by atoms with E-state index >= 15 is 0 Å². The maximum atomic E-state index is 12.5. The highest BCUT2D eigenvalue weighted by Crippen LogP contribution is 2.24. The summed E-state index contributed by atoms with van der Waals surface area (Å²) in [6.45, 7) is 8.71. The smallest absolute Gasteiger partial charge is 0.318 e. The summed E-state index contributed by atoms with van der Waals surface area (Å²) in [5.41, 5.74) is 3.04. The predicted molar refractivity (Wildman–Crippen MR) is 111 cm³/mol. The van der Waals surface area contributed by atoms with Gasteiger partial charge in [-0.3, -0.25) is 4.98 Å². The zero-order valence-electron chi connectivity index (χ0n) is 17.5. The third-order valence-corrected chi connectivity index (χ3v) is 4.70. The molecule has 2 aromatic heterocycles. The maximum Gasteiger partial charge on any atom is 0.318 e. The van der Waals surface area contributed by atoms with Gasteiger partial charge in [0.05, 0.1) is 6.04 Å². The number of hydrogen-bond donors (Lipinski definition) is 1. The van der Waals surface area contributed by atoms with Crippen LogP contribution in [0.5, 0.6) is 0 Å². The fourth-order valence-electron chi connectivity index (χ4n) is 2.84. The SMILES string of the molecule is C[C@H](NC(=O)N(C)Cc1nc(-c2ccccn2)no1)c1ccc(C(C)(C)C)cc1. The molecule has 1 aromatic carbocycles. The zero-order chi connectivity index (χ0) is 21.0. The molecule has 0 aliphatic carbocycles. The van der Waals surface area contributed by atoms with Crippen molar-refractivity contribution >= 4 is 6.03 Å². The van der Waals surface area contributed by atoms with Crippen molar-refractivity contribution in [1.29, 1.82) is 0 Å². The van der Waals surface area contributed by atoms with Gasteiger partial charge < -0.3 is 14.7 Å². The van der Waals surface area contributed by atoms with Crippen molar-refractivity contribution in [2.75, 3.05) is 7.05 Å². The molecular formula is C22H27N5O2. The molecule has 7 nitrogen and oxygen atoms in total. The first-order valence-electron chi connectivity index (χ1n) is 9.60. The van der Waals surface area contributed by atoms with Crippen molar-refractivity contribution in [1.82, 2.24) is 25.3 Å². The van der Waals surface area contributed by atoms with Crippen LogP contribution in [0.15, 0.2) is 53.2 Å². The van der Waals surface area contributed by atoms with Crippen molar-refractivity contribution < 1.29 is 9.32 Å². The number of nitrogens with one attached hydrogen (secondary N) is 1. The molecule has 0 spiro atoms. The Morgan fingerprint density at radius 1 is 1.17 bits per heavy atom. The average molecular weight is 393 g/mol. The first kappa shape index (κ1) is 20.5. The van der Waals surface area contributed by atoms with Crippen LogP contribution in [0.4, 0.5) is 4.79 Å². The van der Waals surface area contributed by atoms with Crippen molar-refractivity contribution in [3.05, 3.63) is 65.7 Å². The van der Waals surface area contributed by atoms with Crippen LogP contribution in [0, 0.1) is 0 Å². The third-order valence-electron chi connectivity index (χ3n) is 4.70. The second-order valence-corrected chi connectivity index (χ2v) is 8.13. The second kappa shape index (κ2) is 8.43. The van der Waals surface area contributed by atoms with Gasteiger partial charge in [-0.2, -0.15) is 4.98 Å². The largest absolute Gasteiger partial charge is 0.337 e. The first-order valence-corrected chi connectivity index (χ1v) is 9.60. The van der Waals surface area contributed by atoms with E-state index in [0.717, 1.165) is 5.56 Å². The Kier molecular flexibility index (Phi) is 5.96. The lowest BCUT2D eigenvalue weighted by molar-refractivity contribution is 0.196. The minimum Gasteiger partial charge on any atom is -0.337 e. The van der Waals surface area contributed by atoms with Crippen LogP contribution in [0.1, 0.15) is 50.8 Å². The molecular weight excluding hydrogens is 366 g/mol. The van der Waals surface area contributed by atoms with E-state index in [1.54, 1.807) is 19.3 Å². The highest BCUT2D eigenvalue weighted by molar-refractivity contribution is 5.74. The van der Waals surface area contributed by atoms with E-state index in [-0.39, 0.29) is 24.0 Å². The number of benzene rings is 1. The fraction of sp³-hybridized carbons (Fsp3) is 0.364. The Bertz CT molecular complexity index is 945. The molecule has 3 rings (SSSR count). The van der Waals surface area contributed by atoms with Crippen LogP contribution in [0.2, 0.25) is 0 Å². The number of amides is 2. The highest BCUT2D eigenvalue weighted by Gasteiger charge is 2.18. The normalized spacial score (nSPS) is 12.4. The van der Waals surface area contributed by atoms with E-state index < -0.39 is 0 Å². The Morgan fingerprint density at radius 2 is 1.90 bits per heavy atom. The molecule has 2 amide bonds. The number of pyridine rings is 1. The third kappa shape index (κ3) is 5.19. The Hall–Kier alpha value is -3.22. The molecule has 152 valence electrons. The Labute approximate surface area is 171 Å². The molecule has 1 atom stereocenters. The van der Waals surface area contributed by atoms with E-state index in [1.165, 1.54) is 10.5 Å². The van der Waals surface area contributed by atoms with Crippen LogP contribution in [-0.4, -0.2) is 33.1 Å². The minimum absolute atomic E-state index is 0.101. The Morgan fingerprint density at radius 3 is 2.52 bits per heavy atom. The van der Waals surface area contributed by atoms with Gasteiger partial charge in [-0.25, -0.2) is 4.79 Å².